The summed E-state index contributed by atoms with van der Waals surface area (Å²) in [5.41, 5.74) is 2.42. The molecule has 25 heavy (non-hydrogen) atoms. The smallest absolute Gasteiger partial charge is 0.106 e. The van der Waals surface area contributed by atoms with Gasteiger partial charge in [-0.05, 0) is 55.8 Å². The van der Waals surface area contributed by atoms with Crippen LogP contribution in [0.15, 0.2) is 54.6 Å². The van der Waals surface area contributed by atoms with Gasteiger partial charge in [-0.15, -0.1) is 0 Å². The number of benzene rings is 2. The Morgan fingerprint density at radius 1 is 1.00 bits per heavy atom. The molecule has 0 bridgehead atoms. The van der Waals surface area contributed by atoms with Gasteiger partial charge < -0.3 is 5.11 Å². The summed E-state index contributed by atoms with van der Waals surface area (Å²) in [5, 5.41) is 16.8. The number of rotatable bonds is 5. The lowest BCUT2D eigenvalue weighted by Crippen LogP contribution is -2.21. The lowest BCUT2D eigenvalue weighted by Gasteiger charge is -2.19. The van der Waals surface area contributed by atoms with Gasteiger partial charge in [0.2, 0.25) is 0 Å². The van der Waals surface area contributed by atoms with Gasteiger partial charge in [0.05, 0.1) is 17.1 Å². The van der Waals surface area contributed by atoms with Crippen molar-refractivity contribution in [3.05, 3.63) is 70.3 Å². The Balaban J connectivity index is 2.15. The quantitative estimate of drug-likeness (QED) is 0.607. The Bertz CT molecular complexity index is 789. The van der Waals surface area contributed by atoms with Crippen LogP contribution in [0.1, 0.15) is 32.4 Å². The standard InChI is InChI=1S/C20H20Cl2N2O/c1-3-12-20(2,25)19-13-18(14-4-6-15(21)7-5-14)24(23-19)17-10-8-16(22)9-11-17/h4-11,13,25H,3,12H2,1-2H3. The van der Waals surface area contributed by atoms with Gasteiger partial charge in [-0.2, -0.15) is 5.10 Å². The predicted molar refractivity (Wildman–Crippen MR) is 103 cm³/mol. The first-order chi connectivity index (χ1) is 11.9. The molecule has 1 heterocycles. The van der Waals surface area contributed by atoms with E-state index in [1.807, 2.05) is 66.2 Å². The minimum atomic E-state index is -0.979. The van der Waals surface area contributed by atoms with Crippen LogP contribution in [0.5, 0.6) is 0 Å². The molecule has 5 heteroatoms. The zero-order valence-corrected chi connectivity index (χ0v) is 15.7. The van der Waals surface area contributed by atoms with Gasteiger partial charge in [0, 0.05) is 15.6 Å². The monoisotopic (exact) mass is 374 g/mol. The number of nitrogens with zero attached hydrogens (tertiary/aromatic N) is 2. The molecule has 130 valence electrons. The third-order valence-electron chi connectivity index (χ3n) is 4.21. The van der Waals surface area contributed by atoms with E-state index < -0.39 is 5.60 Å². The SMILES string of the molecule is CCCC(C)(O)c1cc(-c2ccc(Cl)cc2)n(-c2ccc(Cl)cc2)n1. The number of aliphatic hydroxyl groups is 1. The third kappa shape index (κ3) is 3.90. The predicted octanol–water partition coefficient (Wildman–Crippen LogP) is 5.85. The molecule has 0 aliphatic carbocycles. The van der Waals surface area contributed by atoms with Gasteiger partial charge >= 0.3 is 0 Å². The minimum absolute atomic E-state index is 0.644. The first-order valence-electron chi connectivity index (χ1n) is 8.25. The molecule has 0 radical (unpaired) electrons. The van der Waals surface area contributed by atoms with E-state index in [-0.39, 0.29) is 0 Å². The largest absolute Gasteiger partial charge is 0.384 e. The molecule has 1 unspecified atom stereocenters. The fraction of sp³-hybridized carbons (Fsp3) is 0.250. The zero-order valence-electron chi connectivity index (χ0n) is 14.2. The Morgan fingerprint density at radius 2 is 1.56 bits per heavy atom. The lowest BCUT2D eigenvalue weighted by atomic mass is 9.96. The summed E-state index contributed by atoms with van der Waals surface area (Å²) >= 11 is 12.0. The van der Waals surface area contributed by atoms with Crippen molar-refractivity contribution >= 4 is 23.2 Å². The van der Waals surface area contributed by atoms with Crippen LogP contribution in [0.3, 0.4) is 0 Å². The maximum Gasteiger partial charge on any atom is 0.106 e. The van der Waals surface area contributed by atoms with E-state index in [1.165, 1.54) is 0 Å². The molecular formula is C20H20Cl2N2O. The van der Waals surface area contributed by atoms with Crippen molar-refractivity contribution in [3.8, 4) is 16.9 Å². The van der Waals surface area contributed by atoms with Crippen LogP contribution in [0, 0.1) is 0 Å². The van der Waals surface area contributed by atoms with Crippen molar-refractivity contribution in [2.24, 2.45) is 0 Å². The van der Waals surface area contributed by atoms with E-state index >= 15 is 0 Å². The van der Waals surface area contributed by atoms with E-state index in [4.69, 9.17) is 23.2 Å². The summed E-state index contributed by atoms with van der Waals surface area (Å²) in [5.74, 6) is 0. The Morgan fingerprint density at radius 3 is 2.12 bits per heavy atom. The molecule has 0 aliphatic rings. The highest BCUT2D eigenvalue weighted by Gasteiger charge is 2.27. The molecule has 0 aliphatic heterocycles. The molecule has 1 aromatic heterocycles. The molecule has 1 atom stereocenters. The van der Waals surface area contributed by atoms with Crippen LogP contribution in [0.25, 0.3) is 16.9 Å². The Hall–Kier alpha value is -1.81. The van der Waals surface area contributed by atoms with Gasteiger partial charge in [0.25, 0.3) is 0 Å². The lowest BCUT2D eigenvalue weighted by molar-refractivity contribution is 0.0421. The second-order valence-corrected chi connectivity index (χ2v) is 7.21. The molecule has 0 amide bonds. The highest BCUT2D eigenvalue weighted by Crippen LogP contribution is 2.32. The van der Waals surface area contributed by atoms with Crippen molar-refractivity contribution in [2.45, 2.75) is 32.3 Å². The van der Waals surface area contributed by atoms with E-state index in [1.54, 1.807) is 6.92 Å². The van der Waals surface area contributed by atoms with Crippen LogP contribution in [0.2, 0.25) is 10.0 Å². The first-order valence-corrected chi connectivity index (χ1v) is 9.01. The number of halogens is 2. The van der Waals surface area contributed by atoms with Crippen molar-refractivity contribution in [2.75, 3.05) is 0 Å². The fourth-order valence-electron chi connectivity index (χ4n) is 2.86. The highest BCUT2D eigenvalue weighted by molar-refractivity contribution is 6.30. The molecular weight excluding hydrogens is 355 g/mol. The average molecular weight is 375 g/mol. The molecule has 0 fully saturated rings. The van der Waals surface area contributed by atoms with Crippen LogP contribution in [-0.2, 0) is 5.60 Å². The Kier molecular flexibility index (Phi) is 5.19. The second kappa shape index (κ2) is 7.20. The van der Waals surface area contributed by atoms with Gasteiger partial charge in [0.1, 0.15) is 5.60 Å². The summed E-state index contributed by atoms with van der Waals surface area (Å²) in [6.45, 7) is 3.85. The van der Waals surface area contributed by atoms with Gasteiger partial charge in [-0.25, -0.2) is 4.68 Å². The zero-order chi connectivity index (χ0) is 18.0. The fourth-order valence-corrected chi connectivity index (χ4v) is 3.12. The van der Waals surface area contributed by atoms with Crippen molar-refractivity contribution in [1.29, 1.82) is 0 Å². The van der Waals surface area contributed by atoms with Crippen LogP contribution < -0.4 is 0 Å². The van der Waals surface area contributed by atoms with Crippen molar-refractivity contribution < 1.29 is 5.11 Å². The summed E-state index contributed by atoms with van der Waals surface area (Å²) < 4.78 is 1.83. The number of hydrogen-bond donors (Lipinski definition) is 1. The van der Waals surface area contributed by atoms with Gasteiger partial charge in [0.15, 0.2) is 0 Å². The maximum absolute atomic E-state index is 10.8. The molecule has 1 N–H and O–H groups in total. The van der Waals surface area contributed by atoms with E-state index in [9.17, 15) is 5.11 Å². The summed E-state index contributed by atoms with van der Waals surface area (Å²) in [6, 6.07) is 17.0. The van der Waals surface area contributed by atoms with Crippen LogP contribution >= 0.6 is 23.2 Å². The first kappa shape index (κ1) is 18.0. The molecule has 0 saturated carbocycles. The van der Waals surface area contributed by atoms with E-state index in [2.05, 4.69) is 5.10 Å². The van der Waals surface area contributed by atoms with Crippen LogP contribution in [0.4, 0.5) is 0 Å². The van der Waals surface area contributed by atoms with Gasteiger partial charge in [-0.3, -0.25) is 0 Å². The topological polar surface area (TPSA) is 38.0 Å². The molecule has 0 spiro atoms. The highest BCUT2D eigenvalue weighted by atomic mass is 35.5. The third-order valence-corrected chi connectivity index (χ3v) is 4.71. The number of hydrogen-bond acceptors (Lipinski definition) is 2. The Labute approximate surface area is 157 Å². The summed E-state index contributed by atoms with van der Waals surface area (Å²) in [7, 11) is 0. The molecule has 0 saturated heterocycles. The number of aromatic nitrogens is 2. The molecule has 3 rings (SSSR count). The van der Waals surface area contributed by atoms with Crippen molar-refractivity contribution in [3.63, 3.8) is 0 Å². The summed E-state index contributed by atoms with van der Waals surface area (Å²) in [4.78, 5) is 0. The molecule has 3 aromatic rings. The minimum Gasteiger partial charge on any atom is -0.384 e. The average Bonchev–Trinajstić information content (AvgIpc) is 3.02. The summed E-state index contributed by atoms with van der Waals surface area (Å²) in [6.07, 6.45) is 1.52. The normalized spacial score (nSPS) is 13.6. The second-order valence-electron chi connectivity index (χ2n) is 6.33. The molecule has 3 nitrogen and oxygen atoms in total. The van der Waals surface area contributed by atoms with E-state index in [0.717, 1.165) is 23.4 Å². The maximum atomic E-state index is 10.8. The van der Waals surface area contributed by atoms with Gasteiger partial charge in [-0.1, -0.05) is 48.7 Å². The van der Waals surface area contributed by atoms with Crippen LogP contribution in [-0.4, -0.2) is 14.9 Å². The van der Waals surface area contributed by atoms with Crippen molar-refractivity contribution in [1.82, 2.24) is 9.78 Å². The van der Waals surface area contributed by atoms with E-state index in [0.29, 0.717) is 22.2 Å². The molecule has 2 aromatic carbocycles.